The van der Waals surface area contributed by atoms with Gasteiger partial charge in [0.1, 0.15) is 5.82 Å². The quantitative estimate of drug-likeness (QED) is 0.746. The summed E-state index contributed by atoms with van der Waals surface area (Å²) in [6, 6.07) is 3.00. The third-order valence-corrected chi connectivity index (χ3v) is 2.81. The third kappa shape index (κ3) is 1.46. The van der Waals surface area contributed by atoms with E-state index in [2.05, 4.69) is 21.2 Å². The van der Waals surface area contributed by atoms with Gasteiger partial charge in [-0.2, -0.15) is 0 Å². The Bertz CT molecular complexity index is 378. The molecular formula is C9H7BrFNO. The first-order chi connectivity index (χ1) is 6.18. The van der Waals surface area contributed by atoms with Gasteiger partial charge in [0.15, 0.2) is 0 Å². The molecule has 0 aromatic heterocycles. The average Bonchev–Trinajstić information content (AvgIpc) is 2.12. The van der Waals surface area contributed by atoms with Crippen LogP contribution in [-0.2, 0) is 11.2 Å². The monoisotopic (exact) mass is 243 g/mol. The molecule has 1 aromatic rings. The van der Waals surface area contributed by atoms with Crippen molar-refractivity contribution in [3.63, 3.8) is 0 Å². The Kier molecular flexibility index (Phi) is 2.07. The minimum absolute atomic E-state index is 0.121. The molecule has 0 saturated carbocycles. The highest BCUT2D eigenvalue weighted by molar-refractivity contribution is 9.10. The Hall–Kier alpha value is -0.900. The van der Waals surface area contributed by atoms with Crippen LogP contribution in [0.3, 0.4) is 0 Å². The number of amides is 1. The summed E-state index contributed by atoms with van der Waals surface area (Å²) in [7, 11) is 0. The third-order valence-electron chi connectivity index (χ3n) is 2.07. The van der Waals surface area contributed by atoms with Crippen LogP contribution >= 0.6 is 15.9 Å². The molecule has 0 atom stereocenters. The van der Waals surface area contributed by atoms with E-state index in [1.165, 1.54) is 6.07 Å². The molecule has 0 unspecified atom stereocenters. The summed E-state index contributed by atoms with van der Waals surface area (Å²) >= 11 is 3.32. The van der Waals surface area contributed by atoms with Crippen LogP contribution in [0.4, 0.5) is 10.1 Å². The van der Waals surface area contributed by atoms with Crippen molar-refractivity contribution in [3.8, 4) is 0 Å². The van der Waals surface area contributed by atoms with Crippen LogP contribution in [0.5, 0.6) is 0 Å². The lowest BCUT2D eigenvalue weighted by Crippen LogP contribution is -2.20. The molecule has 0 fully saturated rings. The van der Waals surface area contributed by atoms with Gasteiger partial charge in [0.05, 0.1) is 5.69 Å². The standard InChI is InChI=1S/C9H7BrFNO/c10-6-2-3-7(11)9-5(6)1-4-8(13)12-9/h2-3H,1,4H2,(H,12,13). The Morgan fingerprint density at radius 3 is 2.92 bits per heavy atom. The maximum absolute atomic E-state index is 13.2. The van der Waals surface area contributed by atoms with E-state index >= 15 is 0 Å². The highest BCUT2D eigenvalue weighted by Crippen LogP contribution is 2.31. The molecule has 1 amide bonds. The number of anilines is 1. The molecule has 0 spiro atoms. The number of fused-ring (bicyclic) bond motifs is 1. The maximum Gasteiger partial charge on any atom is 0.224 e. The van der Waals surface area contributed by atoms with E-state index in [4.69, 9.17) is 0 Å². The smallest absolute Gasteiger partial charge is 0.224 e. The average molecular weight is 244 g/mol. The van der Waals surface area contributed by atoms with Crippen molar-refractivity contribution in [1.29, 1.82) is 0 Å². The second-order valence-electron chi connectivity index (χ2n) is 2.93. The van der Waals surface area contributed by atoms with Crippen molar-refractivity contribution in [2.75, 3.05) is 5.32 Å². The molecule has 0 aliphatic carbocycles. The Morgan fingerprint density at radius 1 is 1.38 bits per heavy atom. The normalized spacial score (nSPS) is 15.1. The van der Waals surface area contributed by atoms with E-state index in [9.17, 15) is 9.18 Å². The van der Waals surface area contributed by atoms with Crippen LogP contribution < -0.4 is 5.32 Å². The van der Waals surface area contributed by atoms with Gasteiger partial charge in [-0.25, -0.2) is 4.39 Å². The second-order valence-corrected chi connectivity index (χ2v) is 3.79. The van der Waals surface area contributed by atoms with Gasteiger partial charge in [-0.3, -0.25) is 4.79 Å². The molecule has 1 aliphatic heterocycles. The van der Waals surface area contributed by atoms with E-state index < -0.39 is 0 Å². The van der Waals surface area contributed by atoms with Crippen molar-refractivity contribution < 1.29 is 9.18 Å². The number of carbonyl (C=O) groups is 1. The second kappa shape index (κ2) is 3.10. The molecule has 0 bridgehead atoms. The molecule has 68 valence electrons. The van der Waals surface area contributed by atoms with Crippen LogP contribution in [0.2, 0.25) is 0 Å². The fourth-order valence-electron chi connectivity index (χ4n) is 1.41. The molecule has 1 aliphatic rings. The Morgan fingerprint density at radius 2 is 2.15 bits per heavy atom. The summed E-state index contributed by atoms with van der Waals surface area (Å²) in [6.45, 7) is 0. The maximum atomic E-state index is 13.2. The number of benzene rings is 1. The van der Waals surface area contributed by atoms with Gasteiger partial charge in [0.25, 0.3) is 0 Å². The van der Waals surface area contributed by atoms with E-state index in [-0.39, 0.29) is 11.7 Å². The fraction of sp³-hybridized carbons (Fsp3) is 0.222. The number of rotatable bonds is 0. The lowest BCUT2D eigenvalue weighted by molar-refractivity contribution is -0.116. The summed E-state index contributed by atoms with van der Waals surface area (Å²) in [5, 5.41) is 2.53. The lowest BCUT2D eigenvalue weighted by atomic mass is 10.0. The summed E-state index contributed by atoms with van der Waals surface area (Å²) < 4.78 is 14.0. The predicted octanol–water partition coefficient (Wildman–Crippen LogP) is 2.47. The topological polar surface area (TPSA) is 29.1 Å². The van der Waals surface area contributed by atoms with Crippen LogP contribution in [0.15, 0.2) is 16.6 Å². The van der Waals surface area contributed by atoms with Gasteiger partial charge < -0.3 is 5.32 Å². The van der Waals surface area contributed by atoms with Crippen molar-refractivity contribution in [1.82, 2.24) is 0 Å². The molecule has 13 heavy (non-hydrogen) atoms. The van der Waals surface area contributed by atoms with Gasteiger partial charge in [-0.1, -0.05) is 15.9 Å². The van der Waals surface area contributed by atoms with Crippen molar-refractivity contribution >= 4 is 27.5 Å². The molecule has 1 N–H and O–H groups in total. The minimum Gasteiger partial charge on any atom is -0.323 e. The number of halogens is 2. The van der Waals surface area contributed by atoms with Gasteiger partial charge in [-0.15, -0.1) is 0 Å². The van der Waals surface area contributed by atoms with Gasteiger partial charge in [-0.05, 0) is 24.1 Å². The Balaban J connectivity index is 2.57. The lowest BCUT2D eigenvalue weighted by Gasteiger charge is -2.18. The van der Waals surface area contributed by atoms with Gasteiger partial charge in [0, 0.05) is 10.9 Å². The summed E-state index contributed by atoms with van der Waals surface area (Å²) in [5.74, 6) is -0.490. The van der Waals surface area contributed by atoms with Crippen molar-refractivity contribution in [3.05, 3.63) is 28.0 Å². The highest BCUT2D eigenvalue weighted by Gasteiger charge is 2.19. The van der Waals surface area contributed by atoms with Crippen LogP contribution in [0.1, 0.15) is 12.0 Å². The van der Waals surface area contributed by atoms with Crippen molar-refractivity contribution in [2.24, 2.45) is 0 Å². The van der Waals surface area contributed by atoms with E-state index in [1.54, 1.807) is 6.07 Å². The zero-order chi connectivity index (χ0) is 9.42. The number of hydrogen-bond donors (Lipinski definition) is 1. The minimum atomic E-state index is -0.369. The molecule has 0 saturated heterocycles. The summed E-state index contributed by atoms with van der Waals surface area (Å²) in [4.78, 5) is 11.0. The summed E-state index contributed by atoms with van der Waals surface area (Å²) in [5.41, 5.74) is 1.17. The number of nitrogens with one attached hydrogen (secondary N) is 1. The predicted molar refractivity (Wildman–Crippen MR) is 51.1 cm³/mol. The number of hydrogen-bond acceptors (Lipinski definition) is 1. The zero-order valence-corrected chi connectivity index (χ0v) is 8.32. The fourth-order valence-corrected chi connectivity index (χ4v) is 1.94. The first kappa shape index (κ1) is 8.69. The van der Waals surface area contributed by atoms with Crippen LogP contribution in [0, 0.1) is 5.82 Å². The molecule has 0 radical (unpaired) electrons. The first-order valence-electron chi connectivity index (χ1n) is 3.95. The molecule has 4 heteroatoms. The van der Waals surface area contributed by atoms with E-state index in [0.29, 0.717) is 18.5 Å². The zero-order valence-electron chi connectivity index (χ0n) is 6.73. The number of carbonyl (C=O) groups excluding carboxylic acids is 1. The van der Waals surface area contributed by atoms with Gasteiger partial charge in [0.2, 0.25) is 5.91 Å². The van der Waals surface area contributed by atoms with Gasteiger partial charge >= 0.3 is 0 Å². The molecule has 1 heterocycles. The SMILES string of the molecule is O=C1CCc2c(Br)ccc(F)c2N1. The Labute approximate surface area is 83.3 Å². The summed E-state index contributed by atoms with van der Waals surface area (Å²) in [6.07, 6.45) is 1.02. The van der Waals surface area contributed by atoms with E-state index in [0.717, 1.165) is 10.0 Å². The molecule has 2 rings (SSSR count). The molecule has 1 aromatic carbocycles. The largest absolute Gasteiger partial charge is 0.323 e. The molecular weight excluding hydrogens is 237 g/mol. The molecule has 2 nitrogen and oxygen atoms in total. The van der Waals surface area contributed by atoms with E-state index in [1.807, 2.05) is 0 Å². The van der Waals surface area contributed by atoms with Crippen molar-refractivity contribution in [2.45, 2.75) is 12.8 Å². The highest BCUT2D eigenvalue weighted by atomic mass is 79.9. The van der Waals surface area contributed by atoms with Crippen LogP contribution in [-0.4, -0.2) is 5.91 Å². The first-order valence-corrected chi connectivity index (χ1v) is 4.74. The van der Waals surface area contributed by atoms with Crippen LogP contribution in [0.25, 0.3) is 0 Å².